The molecule has 31 heavy (non-hydrogen) atoms. The second kappa shape index (κ2) is 8.60. The Balaban J connectivity index is 1.59. The van der Waals surface area contributed by atoms with E-state index < -0.39 is 11.7 Å². The van der Waals surface area contributed by atoms with E-state index in [1.54, 1.807) is 11.0 Å². The summed E-state index contributed by atoms with van der Waals surface area (Å²) in [5.74, 6) is 1.33. The van der Waals surface area contributed by atoms with Gasteiger partial charge in [0.15, 0.2) is 0 Å². The average molecular weight is 432 g/mol. The maximum absolute atomic E-state index is 13.0. The second-order valence-electron chi connectivity index (χ2n) is 7.95. The van der Waals surface area contributed by atoms with Crippen LogP contribution >= 0.6 is 0 Å². The molecule has 2 aromatic rings. The van der Waals surface area contributed by atoms with Crippen LogP contribution in [0.15, 0.2) is 24.4 Å². The Hall–Kier alpha value is -3.04. The Morgan fingerprint density at radius 2 is 2.00 bits per heavy atom. The van der Waals surface area contributed by atoms with Gasteiger partial charge in [-0.3, -0.25) is 4.79 Å². The van der Waals surface area contributed by atoms with Crippen molar-refractivity contribution in [2.75, 3.05) is 18.4 Å². The largest absolute Gasteiger partial charge is 0.416 e. The van der Waals surface area contributed by atoms with Gasteiger partial charge in [0.2, 0.25) is 5.91 Å². The standard InChI is InChI=1S/C21H23F3N6O/c22-21(23,24)15-6-8-26-17(10-15)28-18-11-16(27-20(29-18)13-3-4-13)14-2-1-9-30(12-14)19(31)5-7-25/h6-8,10-11,13-14,25H,1-5,9,12H2,(H,26,27,28,29). The summed E-state index contributed by atoms with van der Waals surface area (Å²) in [4.78, 5) is 27.2. The monoisotopic (exact) mass is 432 g/mol. The third-order valence-corrected chi connectivity index (χ3v) is 5.52. The van der Waals surface area contributed by atoms with Crippen LogP contribution in [0.4, 0.5) is 24.8 Å². The molecule has 0 radical (unpaired) electrons. The highest BCUT2D eigenvalue weighted by Gasteiger charge is 2.32. The highest BCUT2D eigenvalue weighted by atomic mass is 19.4. The van der Waals surface area contributed by atoms with E-state index in [1.165, 1.54) is 0 Å². The van der Waals surface area contributed by atoms with Crippen LogP contribution in [-0.4, -0.2) is 45.1 Å². The van der Waals surface area contributed by atoms with Crippen LogP contribution < -0.4 is 5.32 Å². The molecule has 1 aliphatic heterocycles. The van der Waals surface area contributed by atoms with Crippen LogP contribution in [-0.2, 0) is 11.0 Å². The lowest BCUT2D eigenvalue weighted by atomic mass is 9.94. The molecule has 2 N–H and O–H groups in total. The van der Waals surface area contributed by atoms with Crippen molar-refractivity contribution in [2.24, 2.45) is 0 Å². The number of pyridine rings is 1. The summed E-state index contributed by atoms with van der Waals surface area (Å²) < 4.78 is 39.1. The summed E-state index contributed by atoms with van der Waals surface area (Å²) in [5.41, 5.74) is -0.00643. The van der Waals surface area contributed by atoms with Gasteiger partial charge in [0, 0.05) is 43.4 Å². The van der Waals surface area contributed by atoms with Crippen molar-refractivity contribution in [2.45, 2.75) is 50.1 Å². The molecular weight excluding hydrogens is 409 g/mol. The molecule has 1 aliphatic carbocycles. The zero-order valence-corrected chi connectivity index (χ0v) is 16.8. The summed E-state index contributed by atoms with van der Waals surface area (Å²) >= 11 is 0. The van der Waals surface area contributed by atoms with E-state index in [2.05, 4.69) is 15.3 Å². The fraction of sp³-hybridized carbons (Fsp3) is 0.476. The van der Waals surface area contributed by atoms with Crippen molar-refractivity contribution in [3.63, 3.8) is 0 Å². The van der Waals surface area contributed by atoms with Gasteiger partial charge < -0.3 is 15.6 Å². The predicted octanol–water partition coefficient (Wildman–Crippen LogP) is 4.26. The van der Waals surface area contributed by atoms with Crippen molar-refractivity contribution in [1.29, 1.82) is 5.41 Å². The lowest BCUT2D eigenvalue weighted by Crippen LogP contribution is -2.39. The number of carbonyl (C=O) groups excluding carboxylic acids is 1. The zero-order valence-electron chi connectivity index (χ0n) is 16.8. The summed E-state index contributed by atoms with van der Waals surface area (Å²) in [5, 5.41) is 10.1. The van der Waals surface area contributed by atoms with Gasteiger partial charge in [0.05, 0.1) is 17.7 Å². The topological polar surface area (TPSA) is 94.9 Å². The minimum absolute atomic E-state index is 0.0129. The fourth-order valence-electron chi connectivity index (χ4n) is 3.75. The molecule has 1 saturated heterocycles. The van der Waals surface area contributed by atoms with E-state index >= 15 is 0 Å². The number of amides is 1. The summed E-state index contributed by atoms with van der Waals surface area (Å²) in [7, 11) is 0. The Morgan fingerprint density at radius 1 is 1.19 bits per heavy atom. The van der Waals surface area contributed by atoms with Gasteiger partial charge in [-0.25, -0.2) is 15.0 Å². The molecule has 2 aromatic heterocycles. The molecule has 1 atom stereocenters. The molecular formula is C21H23F3N6O. The molecule has 1 amide bonds. The van der Waals surface area contributed by atoms with Crippen molar-refractivity contribution in [3.05, 3.63) is 41.5 Å². The van der Waals surface area contributed by atoms with Crippen molar-refractivity contribution in [3.8, 4) is 0 Å². The van der Waals surface area contributed by atoms with Crippen LogP contribution in [0.5, 0.6) is 0 Å². The Labute approximate surface area is 177 Å². The number of alkyl halides is 3. The van der Waals surface area contributed by atoms with Gasteiger partial charge in [-0.05, 0) is 37.8 Å². The van der Waals surface area contributed by atoms with Crippen LogP contribution in [0.3, 0.4) is 0 Å². The number of halogens is 3. The van der Waals surface area contributed by atoms with Gasteiger partial charge in [-0.1, -0.05) is 0 Å². The minimum atomic E-state index is -4.45. The maximum Gasteiger partial charge on any atom is 0.416 e. The number of nitrogens with zero attached hydrogens (tertiary/aromatic N) is 4. The molecule has 2 fully saturated rings. The first-order valence-electron chi connectivity index (χ1n) is 10.3. The van der Waals surface area contributed by atoms with Crippen LogP contribution in [0.25, 0.3) is 0 Å². The van der Waals surface area contributed by atoms with Gasteiger partial charge in [-0.15, -0.1) is 0 Å². The number of hydrogen-bond donors (Lipinski definition) is 2. The number of aromatic nitrogens is 3. The Kier molecular flexibility index (Phi) is 5.88. The van der Waals surface area contributed by atoms with E-state index in [9.17, 15) is 18.0 Å². The summed E-state index contributed by atoms with van der Waals surface area (Å²) in [6, 6.07) is 3.62. The molecule has 0 spiro atoms. The fourth-order valence-corrected chi connectivity index (χ4v) is 3.75. The molecule has 10 heteroatoms. The van der Waals surface area contributed by atoms with Gasteiger partial charge >= 0.3 is 6.18 Å². The van der Waals surface area contributed by atoms with E-state index in [4.69, 9.17) is 10.4 Å². The number of piperidine rings is 1. The zero-order chi connectivity index (χ0) is 22.0. The van der Waals surface area contributed by atoms with Crippen molar-refractivity contribution in [1.82, 2.24) is 19.9 Å². The minimum Gasteiger partial charge on any atom is -0.342 e. The number of hydrogen-bond acceptors (Lipinski definition) is 6. The smallest absolute Gasteiger partial charge is 0.342 e. The number of rotatable bonds is 6. The first-order chi connectivity index (χ1) is 14.8. The van der Waals surface area contributed by atoms with Crippen LogP contribution in [0.1, 0.15) is 61.0 Å². The normalized spacial score (nSPS) is 19.2. The van der Waals surface area contributed by atoms with Gasteiger partial charge in [0.1, 0.15) is 17.5 Å². The number of likely N-dealkylation sites (tertiary alicyclic amines) is 1. The van der Waals surface area contributed by atoms with Gasteiger partial charge in [-0.2, -0.15) is 13.2 Å². The molecule has 3 heterocycles. The van der Waals surface area contributed by atoms with Crippen LogP contribution in [0.2, 0.25) is 0 Å². The second-order valence-corrected chi connectivity index (χ2v) is 7.95. The van der Waals surface area contributed by atoms with E-state index in [0.29, 0.717) is 24.7 Å². The van der Waals surface area contributed by atoms with Gasteiger partial charge in [0.25, 0.3) is 0 Å². The number of anilines is 2. The first-order valence-corrected chi connectivity index (χ1v) is 10.3. The van der Waals surface area contributed by atoms with E-state index in [0.717, 1.165) is 55.9 Å². The maximum atomic E-state index is 13.0. The predicted molar refractivity (Wildman–Crippen MR) is 108 cm³/mol. The Morgan fingerprint density at radius 3 is 2.71 bits per heavy atom. The Bertz CT molecular complexity index is 976. The quantitative estimate of drug-likeness (QED) is 0.666. The molecule has 1 saturated carbocycles. The van der Waals surface area contributed by atoms with E-state index in [1.807, 2.05) is 0 Å². The van der Waals surface area contributed by atoms with Crippen LogP contribution in [0, 0.1) is 5.41 Å². The molecule has 7 nitrogen and oxygen atoms in total. The summed E-state index contributed by atoms with van der Waals surface area (Å²) in [6.07, 6.45) is 1.50. The molecule has 164 valence electrons. The third kappa shape index (κ3) is 5.18. The molecule has 0 aromatic carbocycles. The van der Waals surface area contributed by atoms with Crippen molar-refractivity contribution < 1.29 is 18.0 Å². The number of nitrogens with one attached hydrogen (secondary N) is 2. The third-order valence-electron chi connectivity index (χ3n) is 5.52. The average Bonchev–Trinajstić information content (AvgIpc) is 3.59. The number of carbonyl (C=O) groups is 1. The van der Waals surface area contributed by atoms with Crippen molar-refractivity contribution >= 4 is 23.8 Å². The highest BCUT2D eigenvalue weighted by Crippen LogP contribution is 2.40. The summed E-state index contributed by atoms with van der Waals surface area (Å²) in [6.45, 7) is 1.16. The molecule has 1 unspecified atom stereocenters. The van der Waals surface area contributed by atoms with E-state index in [-0.39, 0.29) is 30.0 Å². The highest BCUT2D eigenvalue weighted by molar-refractivity contribution is 5.88. The molecule has 0 bridgehead atoms. The SMILES string of the molecule is N=CCC(=O)N1CCCC(c2cc(Nc3cc(C(F)(F)F)ccn3)nc(C3CC3)n2)C1. The molecule has 4 rings (SSSR count). The lowest BCUT2D eigenvalue weighted by Gasteiger charge is -2.32. The first kappa shape index (κ1) is 21.2. The molecule has 2 aliphatic rings. The lowest BCUT2D eigenvalue weighted by molar-refractivity contribution is -0.137.